The Balaban J connectivity index is 1.11. The van der Waals surface area contributed by atoms with Crippen molar-refractivity contribution in [1.29, 1.82) is 0 Å². The second-order valence-electron chi connectivity index (χ2n) is 11.6. The van der Waals surface area contributed by atoms with Gasteiger partial charge in [-0.25, -0.2) is 17.5 Å². The summed E-state index contributed by atoms with van der Waals surface area (Å²) in [6.07, 6.45) is 5.43. The number of rotatable bonds is 6. The van der Waals surface area contributed by atoms with Crippen LogP contribution in [0.5, 0.6) is 0 Å². The smallest absolute Gasteiger partial charge is 0.273 e. The predicted octanol–water partition coefficient (Wildman–Crippen LogP) is 2.83. The first-order valence-corrected chi connectivity index (χ1v) is 15.2. The summed E-state index contributed by atoms with van der Waals surface area (Å²) < 4.78 is 43.6. The Hall–Kier alpha value is -2.21. The first-order chi connectivity index (χ1) is 18.0. The van der Waals surface area contributed by atoms with Crippen LogP contribution in [0.25, 0.3) is 0 Å². The number of aryl methyl sites for hydroxylation is 1. The fraction of sp³-hybridized carbons (Fsp3) is 0.615. The molecule has 1 aromatic carbocycles. The minimum absolute atomic E-state index is 0.0269. The van der Waals surface area contributed by atoms with E-state index in [4.69, 9.17) is 11.6 Å². The lowest BCUT2D eigenvalue weighted by Crippen LogP contribution is -2.61. The molecule has 2 aromatic rings. The molecular weight excluding hydrogens is 533 g/mol. The standard InChI is InChI=1S/C26H33ClFN5O4S/c1-32-25(33-8-6-18(7-9-33)31-38(36,37)20-5-3-2-4-19(20)28)21(27)23(30-32)24(34)29-22-16-10-15-11-17(22)14-26(35,12-15)13-16/h2-5,15-18,22,31,35H,6-14H2,1H3,(H,29,34). The highest BCUT2D eigenvalue weighted by Gasteiger charge is 2.55. The lowest BCUT2D eigenvalue weighted by molar-refractivity contribution is -0.136. The number of aromatic nitrogens is 2. The van der Waals surface area contributed by atoms with Crippen LogP contribution in [0.4, 0.5) is 10.2 Å². The largest absolute Gasteiger partial charge is 0.390 e. The van der Waals surface area contributed by atoms with E-state index >= 15 is 0 Å². The number of amides is 1. The number of aliphatic hydroxyl groups is 1. The number of hydrogen-bond donors (Lipinski definition) is 3. The van der Waals surface area contributed by atoms with Gasteiger partial charge in [0.1, 0.15) is 21.6 Å². The Morgan fingerprint density at radius 2 is 1.82 bits per heavy atom. The first kappa shape index (κ1) is 26.0. The second kappa shape index (κ2) is 9.46. The highest BCUT2D eigenvalue weighted by molar-refractivity contribution is 7.89. The Kier molecular flexibility index (Phi) is 6.48. The maximum absolute atomic E-state index is 14.0. The molecule has 4 aliphatic carbocycles. The number of carbonyl (C=O) groups is 1. The molecule has 1 aliphatic heterocycles. The summed E-state index contributed by atoms with van der Waals surface area (Å²) >= 11 is 6.71. The van der Waals surface area contributed by atoms with Crippen molar-refractivity contribution in [3.8, 4) is 0 Å². The molecule has 206 valence electrons. The van der Waals surface area contributed by atoms with Gasteiger partial charge in [-0.05, 0) is 74.8 Å². The summed E-state index contributed by atoms with van der Waals surface area (Å²) in [5.74, 6) is 0.651. The van der Waals surface area contributed by atoms with Crippen molar-refractivity contribution in [3.05, 3.63) is 40.8 Å². The molecule has 2 unspecified atom stereocenters. The van der Waals surface area contributed by atoms with Gasteiger partial charge in [-0.2, -0.15) is 5.10 Å². The molecule has 3 N–H and O–H groups in total. The number of halogens is 2. The van der Waals surface area contributed by atoms with E-state index in [1.165, 1.54) is 18.2 Å². The van der Waals surface area contributed by atoms with Crippen molar-refractivity contribution < 1.29 is 22.7 Å². The number of carbonyl (C=O) groups excluding carboxylic acids is 1. The molecular formula is C26H33ClFN5O4S. The summed E-state index contributed by atoms with van der Waals surface area (Å²) in [5, 5.41) is 18.8. The fourth-order valence-corrected chi connectivity index (χ4v) is 9.32. The molecule has 1 amide bonds. The Bertz CT molecular complexity index is 1340. The minimum atomic E-state index is -3.98. The monoisotopic (exact) mass is 565 g/mol. The molecule has 2 atom stereocenters. The molecule has 2 heterocycles. The number of anilines is 1. The van der Waals surface area contributed by atoms with Gasteiger partial charge in [-0.15, -0.1) is 0 Å². The van der Waals surface area contributed by atoms with Gasteiger partial charge in [0.25, 0.3) is 5.91 Å². The van der Waals surface area contributed by atoms with Gasteiger partial charge in [0, 0.05) is 32.2 Å². The zero-order valence-electron chi connectivity index (χ0n) is 21.2. The van der Waals surface area contributed by atoms with Gasteiger partial charge < -0.3 is 15.3 Å². The normalized spacial score (nSPS) is 31.1. The summed E-state index contributed by atoms with van der Waals surface area (Å²) in [4.78, 5) is 14.9. The number of benzene rings is 1. The quantitative estimate of drug-likeness (QED) is 0.496. The molecule has 12 heteroatoms. The second-order valence-corrected chi connectivity index (χ2v) is 13.7. The van der Waals surface area contributed by atoms with E-state index in [9.17, 15) is 22.7 Å². The molecule has 1 saturated heterocycles. The third-order valence-electron chi connectivity index (χ3n) is 8.96. The van der Waals surface area contributed by atoms with E-state index in [1.54, 1.807) is 11.7 Å². The van der Waals surface area contributed by atoms with E-state index in [2.05, 4.69) is 15.1 Å². The molecule has 38 heavy (non-hydrogen) atoms. The zero-order valence-corrected chi connectivity index (χ0v) is 22.8. The van der Waals surface area contributed by atoms with Crippen LogP contribution in [0.1, 0.15) is 55.4 Å². The zero-order chi connectivity index (χ0) is 26.8. The average Bonchev–Trinajstić information content (AvgIpc) is 3.14. The van der Waals surface area contributed by atoms with Crippen LogP contribution >= 0.6 is 11.6 Å². The molecule has 4 saturated carbocycles. The Morgan fingerprint density at radius 1 is 1.16 bits per heavy atom. The average molecular weight is 566 g/mol. The van der Waals surface area contributed by atoms with Crippen molar-refractivity contribution in [1.82, 2.24) is 19.8 Å². The third-order valence-corrected chi connectivity index (χ3v) is 10.9. The molecule has 9 nitrogen and oxygen atoms in total. The van der Waals surface area contributed by atoms with Gasteiger partial charge in [-0.3, -0.25) is 9.48 Å². The summed E-state index contributed by atoms with van der Waals surface area (Å²) in [7, 11) is -2.24. The van der Waals surface area contributed by atoms with Gasteiger partial charge in [-0.1, -0.05) is 23.7 Å². The fourth-order valence-electron chi connectivity index (χ4n) is 7.57. The number of piperidine rings is 1. The van der Waals surface area contributed by atoms with Gasteiger partial charge in [0.05, 0.1) is 5.60 Å². The van der Waals surface area contributed by atoms with Crippen LogP contribution in [0.2, 0.25) is 5.02 Å². The molecule has 5 fully saturated rings. The topological polar surface area (TPSA) is 117 Å². The molecule has 1 aromatic heterocycles. The lowest BCUT2D eigenvalue weighted by Gasteiger charge is -2.58. The van der Waals surface area contributed by atoms with Crippen LogP contribution in [-0.2, 0) is 17.1 Å². The van der Waals surface area contributed by atoms with E-state index < -0.39 is 21.4 Å². The van der Waals surface area contributed by atoms with Crippen LogP contribution in [0.3, 0.4) is 0 Å². The van der Waals surface area contributed by atoms with Crippen molar-refractivity contribution in [3.63, 3.8) is 0 Å². The van der Waals surface area contributed by atoms with Gasteiger partial charge >= 0.3 is 0 Å². The molecule has 7 rings (SSSR count). The van der Waals surface area contributed by atoms with E-state index in [0.29, 0.717) is 37.7 Å². The molecule has 4 bridgehead atoms. The van der Waals surface area contributed by atoms with E-state index in [1.807, 2.05) is 4.90 Å². The minimum Gasteiger partial charge on any atom is -0.390 e. The van der Waals surface area contributed by atoms with Crippen LogP contribution in [0, 0.1) is 23.6 Å². The van der Waals surface area contributed by atoms with Crippen molar-refractivity contribution in [2.24, 2.45) is 24.8 Å². The number of nitrogens with zero attached hydrogens (tertiary/aromatic N) is 3. The van der Waals surface area contributed by atoms with Crippen LogP contribution < -0.4 is 14.9 Å². The Morgan fingerprint density at radius 3 is 2.45 bits per heavy atom. The summed E-state index contributed by atoms with van der Waals surface area (Å²) in [6, 6.07) is 4.99. The molecule has 0 radical (unpaired) electrons. The first-order valence-electron chi connectivity index (χ1n) is 13.3. The highest BCUT2D eigenvalue weighted by atomic mass is 35.5. The summed E-state index contributed by atoms with van der Waals surface area (Å²) in [6.45, 7) is 0.995. The van der Waals surface area contributed by atoms with Crippen LogP contribution in [0.15, 0.2) is 29.2 Å². The number of hydrogen-bond acceptors (Lipinski definition) is 6. The SMILES string of the molecule is Cn1nc(C(=O)NC2C3CC4CC2CC(O)(C4)C3)c(Cl)c1N1CCC(NS(=O)(=O)c2ccccc2F)CC1. The van der Waals surface area contributed by atoms with Gasteiger partial charge in [0.2, 0.25) is 10.0 Å². The maximum Gasteiger partial charge on any atom is 0.273 e. The highest BCUT2D eigenvalue weighted by Crippen LogP contribution is 2.55. The van der Waals surface area contributed by atoms with Crippen molar-refractivity contribution in [2.75, 3.05) is 18.0 Å². The predicted molar refractivity (Wildman–Crippen MR) is 140 cm³/mol. The maximum atomic E-state index is 14.0. The van der Waals surface area contributed by atoms with E-state index in [-0.39, 0.29) is 45.4 Å². The number of nitrogens with one attached hydrogen (secondary N) is 2. The molecule has 0 spiro atoms. The Labute approximate surface area is 226 Å². The van der Waals surface area contributed by atoms with Crippen LogP contribution in [-0.4, -0.2) is 60.0 Å². The third kappa shape index (κ3) is 4.61. The lowest BCUT2D eigenvalue weighted by atomic mass is 9.52. The number of sulfonamides is 1. The van der Waals surface area contributed by atoms with Crippen molar-refractivity contribution in [2.45, 2.75) is 67.5 Å². The summed E-state index contributed by atoms with van der Waals surface area (Å²) in [5.41, 5.74) is -0.387. The molecule has 5 aliphatic rings. The van der Waals surface area contributed by atoms with Gasteiger partial charge in [0.15, 0.2) is 5.69 Å². The van der Waals surface area contributed by atoms with E-state index in [0.717, 1.165) is 38.2 Å². The van der Waals surface area contributed by atoms with Crippen molar-refractivity contribution >= 4 is 33.3 Å².